The zero-order valence-electron chi connectivity index (χ0n) is 10.6. The molecule has 0 spiro atoms. The van der Waals surface area contributed by atoms with Crippen LogP contribution in [0.5, 0.6) is 5.75 Å². The fraction of sp³-hybridized carbons (Fsp3) is 0.125. The third kappa shape index (κ3) is 2.38. The molecule has 2 nitrogen and oxygen atoms in total. The molecule has 0 saturated carbocycles. The summed E-state index contributed by atoms with van der Waals surface area (Å²) in [6, 6.07) is 16.3. The van der Waals surface area contributed by atoms with Gasteiger partial charge < -0.3 is 9.30 Å². The molecule has 3 heteroatoms. The number of para-hydroxylation sites is 2. The fourth-order valence-corrected chi connectivity index (χ4v) is 2.66. The van der Waals surface area contributed by atoms with E-state index < -0.39 is 0 Å². The number of halogens is 1. The molecule has 19 heavy (non-hydrogen) atoms. The van der Waals surface area contributed by atoms with Crippen LogP contribution in [-0.4, -0.2) is 4.57 Å². The molecule has 0 amide bonds. The highest BCUT2D eigenvalue weighted by molar-refractivity contribution is 9.10. The molecule has 0 aliphatic carbocycles. The second-order valence-electron chi connectivity index (χ2n) is 4.50. The van der Waals surface area contributed by atoms with E-state index in [0.717, 1.165) is 10.2 Å². The van der Waals surface area contributed by atoms with Crippen LogP contribution in [0.4, 0.5) is 0 Å². The van der Waals surface area contributed by atoms with E-state index in [9.17, 15) is 0 Å². The maximum Gasteiger partial charge on any atom is 0.133 e. The third-order valence-corrected chi connectivity index (χ3v) is 3.85. The summed E-state index contributed by atoms with van der Waals surface area (Å²) in [5.41, 5.74) is 2.43. The highest BCUT2D eigenvalue weighted by Gasteiger charge is 2.07. The molecule has 2 aromatic carbocycles. The number of fused-ring (bicyclic) bond motifs is 1. The first-order chi connectivity index (χ1) is 9.25. The highest BCUT2D eigenvalue weighted by atomic mass is 79.9. The lowest BCUT2D eigenvalue weighted by Gasteiger charge is -2.07. The Morgan fingerprint density at radius 3 is 2.63 bits per heavy atom. The molecule has 0 fully saturated rings. The van der Waals surface area contributed by atoms with Crippen molar-refractivity contribution in [3.63, 3.8) is 0 Å². The number of hydrogen-bond donors (Lipinski definition) is 0. The van der Waals surface area contributed by atoms with Gasteiger partial charge in [-0.2, -0.15) is 0 Å². The molecule has 0 aliphatic rings. The van der Waals surface area contributed by atoms with Crippen molar-refractivity contribution >= 4 is 26.8 Å². The van der Waals surface area contributed by atoms with E-state index in [4.69, 9.17) is 4.74 Å². The van der Waals surface area contributed by atoms with Crippen LogP contribution in [-0.2, 0) is 13.7 Å². The number of benzene rings is 2. The second kappa shape index (κ2) is 5.10. The molecule has 0 radical (unpaired) electrons. The Hall–Kier alpha value is -1.74. The van der Waals surface area contributed by atoms with Crippen LogP contribution in [0.25, 0.3) is 10.9 Å². The van der Waals surface area contributed by atoms with Crippen molar-refractivity contribution in [3.8, 4) is 5.75 Å². The fourth-order valence-electron chi connectivity index (χ4n) is 2.26. The number of hydrogen-bond acceptors (Lipinski definition) is 1. The lowest BCUT2D eigenvalue weighted by Crippen LogP contribution is -1.95. The van der Waals surface area contributed by atoms with Crippen LogP contribution in [0.3, 0.4) is 0 Å². The molecule has 0 aliphatic heterocycles. The maximum absolute atomic E-state index is 5.88. The summed E-state index contributed by atoms with van der Waals surface area (Å²) in [7, 11) is 2.06. The van der Waals surface area contributed by atoms with Gasteiger partial charge in [0.05, 0.1) is 4.47 Å². The number of aromatic nitrogens is 1. The number of aryl methyl sites for hydroxylation is 1. The van der Waals surface area contributed by atoms with Gasteiger partial charge in [-0.05, 0) is 34.1 Å². The van der Waals surface area contributed by atoms with Crippen molar-refractivity contribution in [2.24, 2.45) is 7.05 Å². The minimum absolute atomic E-state index is 0.573. The van der Waals surface area contributed by atoms with Gasteiger partial charge in [0.1, 0.15) is 12.4 Å². The average molecular weight is 316 g/mol. The Balaban J connectivity index is 1.88. The minimum Gasteiger partial charge on any atom is -0.488 e. The second-order valence-corrected chi connectivity index (χ2v) is 5.36. The summed E-state index contributed by atoms with van der Waals surface area (Å²) in [4.78, 5) is 0. The first-order valence-corrected chi connectivity index (χ1v) is 6.95. The molecular formula is C16H14BrNO. The van der Waals surface area contributed by atoms with Crippen molar-refractivity contribution in [1.82, 2.24) is 4.57 Å². The van der Waals surface area contributed by atoms with E-state index in [1.807, 2.05) is 24.3 Å². The Morgan fingerprint density at radius 1 is 1.05 bits per heavy atom. The van der Waals surface area contributed by atoms with Gasteiger partial charge in [0.15, 0.2) is 0 Å². The zero-order valence-corrected chi connectivity index (χ0v) is 12.2. The molecule has 0 atom stereocenters. The van der Waals surface area contributed by atoms with Gasteiger partial charge in [0.2, 0.25) is 0 Å². The van der Waals surface area contributed by atoms with E-state index >= 15 is 0 Å². The van der Waals surface area contributed by atoms with E-state index in [1.165, 1.54) is 16.5 Å². The lowest BCUT2D eigenvalue weighted by atomic mass is 10.2. The summed E-state index contributed by atoms with van der Waals surface area (Å²) in [5.74, 6) is 0.871. The van der Waals surface area contributed by atoms with Crippen LogP contribution in [0.15, 0.2) is 59.2 Å². The Kier molecular flexibility index (Phi) is 3.30. The predicted octanol–water partition coefficient (Wildman–Crippen LogP) is 4.52. The van der Waals surface area contributed by atoms with Crippen LogP contribution >= 0.6 is 15.9 Å². The summed E-state index contributed by atoms with van der Waals surface area (Å²) in [6.07, 6.45) is 2.13. The maximum atomic E-state index is 5.88. The Bertz CT molecular complexity index is 718. The van der Waals surface area contributed by atoms with Gasteiger partial charge in [0.25, 0.3) is 0 Å². The van der Waals surface area contributed by atoms with Crippen molar-refractivity contribution in [1.29, 1.82) is 0 Å². The Labute approximate surface area is 120 Å². The van der Waals surface area contributed by atoms with Gasteiger partial charge >= 0.3 is 0 Å². The molecule has 0 unspecified atom stereocenters. The first-order valence-electron chi connectivity index (χ1n) is 6.16. The van der Waals surface area contributed by atoms with Crippen molar-refractivity contribution in [2.75, 3.05) is 0 Å². The van der Waals surface area contributed by atoms with E-state index in [0.29, 0.717) is 6.61 Å². The van der Waals surface area contributed by atoms with E-state index in [1.54, 1.807) is 0 Å². The summed E-state index contributed by atoms with van der Waals surface area (Å²) >= 11 is 3.49. The normalized spacial score (nSPS) is 10.8. The van der Waals surface area contributed by atoms with Gasteiger partial charge in [-0.3, -0.25) is 0 Å². The van der Waals surface area contributed by atoms with Crippen molar-refractivity contribution in [3.05, 3.63) is 64.8 Å². The molecule has 96 valence electrons. The monoisotopic (exact) mass is 315 g/mol. The van der Waals surface area contributed by atoms with E-state index in [-0.39, 0.29) is 0 Å². The quantitative estimate of drug-likeness (QED) is 0.693. The van der Waals surface area contributed by atoms with Gasteiger partial charge in [-0.15, -0.1) is 0 Å². The summed E-state index contributed by atoms with van der Waals surface area (Å²) in [5, 5.41) is 1.25. The molecule has 3 aromatic rings. The van der Waals surface area contributed by atoms with Crippen molar-refractivity contribution in [2.45, 2.75) is 6.61 Å². The smallest absolute Gasteiger partial charge is 0.133 e. The van der Waals surface area contributed by atoms with Crippen molar-refractivity contribution < 1.29 is 4.74 Å². The SMILES string of the molecule is Cn1cc(COc2ccccc2Br)c2ccccc21. The topological polar surface area (TPSA) is 14.2 Å². The zero-order chi connectivity index (χ0) is 13.2. The lowest BCUT2D eigenvalue weighted by molar-refractivity contribution is 0.305. The summed E-state index contributed by atoms with van der Waals surface area (Å²) in [6.45, 7) is 0.573. The van der Waals surface area contributed by atoms with Crippen LogP contribution < -0.4 is 4.74 Å². The standard InChI is InChI=1S/C16H14BrNO/c1-18-10-12(13-6-2-4-8-15(13)18)11-19-16-9-5-3-7-14(16)17/h2-10H,11H2,1H3. The number of ether oxygens (including phenoxy) is 1. The van der Waals surface area contributed by atoms with Gasteiger partial charge in [0, 0.05) is 29.7 Å². The Morgan fingerprint density at radius 2 is 1.79 bits per heavy atom. The van der Waals surface area contributed by atoms with E-state index in [2.05, 4.69) is 58.0 Å². The minimum atomic E-state index is 0.573. The molecule has 1 aromatic heterocycles. The largest absolute Gasteiger partial charge is 0.488 e. The van der Waals surface area contributed by atoms with Gasteiger partial charge in [-0.1, -0.05) is 30.3 Å². The highest BCUT2D eigenvalue weighted by Crippen LogP contribution is 2.26. The van der Waals surface area contributed by atoms with Crippen LogP contribution in [0.2, 0.25) is 0 Å². The molecule has 0 N–H and O–H groups in total. The molecule has 0 saturated heterocycles. The molecule has 1 heterocycles. The molecule has 0 bridgehead atoms. The van der Waals surface area contributed by atoms with Gasteiger partial charge in [-0.25, -0.2) is 0 Å². The number of nitrogens with zero attached hydrogens (tertiary/aromatic N) is 1. The molecular weight excluding hydrogens is 302 g/mol. The first kappa shape index (κ1) is 12.3. The van der Waals surface area contributed by atoms with Crippen LogP contribution in [0, 0.1) is 0 Å². The van der Waals surface area contributed by atoms with Crippen LogP contribution in [0.1, 0.15) is 5.56 Å². The summed E-state index contributed by atoms with van der Waals surface area (Å²) < 4.78 is 9.00. The number of rotatable bonds is 3. The third-order valence-electron chi connectivity index (χ3n) is 3.20. The molecule has 3 rings (SSSR count). The predicted molar refractivity (Wildman–Crippen MR) is 81.4 cm³/mol. The average Bonchev–Trinajstić information content (AvgIpc) is 2.75.